The van der Waals surface area contributed by atoms with Gasteiger partial charge in [-0.3, -0.25) is 4.79 Å². The van der Waals surface area contributed by atoms with Crippen molar-refractivity contribution in [2.45, 2.75) is 33.2 Å². The number of aryl methyl sites for hydroxylation is 2. The number of nitrogen functional groups attached to an aromatic ring is 1. The van der Waals surface area contributed by atoms with Gasteiger partial charge < -0.3 is 10.6 Å². The first-order valence-corrected chi connectivity index (χ1v) is 7.77. The summed E-state index contributed by atoms with van der Waals surface area (Å²) in [6.45, 7) is 5.50. The lowest BCUT2D eigenvalue weighted by atomic mass is 10.1. The Morgan fingerprint density at radius 2 is 1.65 bits per heavy atom. The van der Waals surface area contributed by atoms with Gasteiger partial charge in [0.05, 0.1) is 0 Å². The lowest BCUT2D eigenvalue weighted by Crippen LogP contribution is -2.30. The van der Waals surface area contributed by atoms with Crippen molar-refractivity contribution >= 4 is 24.0 Å². The molecule has 0 aliphatic carbocycles. The summed E-state index contributed by atoms with van der Waals surface area (Å²) in [5.74, 6) is 0.175. The molecular weight excluding hydrogens is 308 g/mol. The molecule has 0 atom stereocenters. The second kappa shape index (κ2) is 9.21. The first kappa shape index (κ1) is 19.0. The van der Waals surface area contributed by atoms with Gasteiger partial charge >= 0.3 is 0 Å². The van der Waals surface area contributed by atoms with Crippen LogP contribution in [-0.4, -0.2) is 17.4 Å². The SMILES string of the molecule is CCN(Cc1ccccc1C)C(=O)CCc1ccccc1N.Cl. The van der Waals surface area contributed by atoms with Gasteiger partial charge in [-0.2, -0.15) is 0 Å². The third-order valence-electron chi connectivity index (χ3n) is 4.02. The standard InChI is InChI=1S/C19H24N2O.ClH/c1-3-21(14-17-10-5-4-8-15(17)2)19(22)13-12-16-9-6-7-11-18(16)20;/h4-11H,3,12-14,20H2,1-2H3;1H. The van der Waals surface area contributed by atoms with E-state index in [1.54, 1.807) is 0 Å². The number of halogens is 1. The molecule has 3 nitrogen and oxygen atoms in total. The molecule has 2 N–H and O–H groups in total. The van der Waals surface area contributed by atoms with Crippen LogP contribution in [0.25, 0.3) is 0 Å². The maximum absolute atomic E-state index is 12.5. The zero-order valence-corrected chi connectivity index (χ0v) is 14.6. The van der Waals surface area contributed by atoms with Gasteiger partial charge in [0.2, 0.25) is 5.91 Å². The molecule has 4 heteroatoms. The Morgan fingerprint density at radius 3 is 2.26 bits per heavy atom. The summed E-state index contributed by atoms with van der Waals surface area (Å²) in [5, 5.41) is 0. The molecule has 0 heterocycles. The van der Waals surface area contributed by atoms with Crippen LogP contribution in [0.1, 0.15) is 30.0 Å². The second-order valence-corrected chi connectivity index (χ2v) is 5.53. The van der Waals surface area contributed by atoms with E-state index in [-0.39, 0.29) is 18.3 Å². The molecule has 1 amide bonds. The topological polar surface area (TPSA) is 46.3 Å². The molecule has 0 radical (unpaired) electrons. The van der Waals surface area contributed by atoms with Crippen LogP contribution in [0.4, 0.5) is 5.69 Å². The summed E-state index contributed by atoms with van der Waals surface area (Å²) in [4.78, 5) is 14.4. The molecule has 2 rings (SSSR count). The molecule has 0 saturated heterocycles. The van der Waals surface area contributed by atoms with Crippen molar-refractivity contribution in [1.82, 2.24) is 4.90 Å². The van der Waals surface area contributed by atoms with Crippen LogP contribution in [0.2, 0.25) is 0 Å². The number of amides is 1. The van der Waals surface area contributed by atoms with E-state index in [2.05, 4.69) is 19.1 Å². The van der Waals surface area contributed by atoms with Gasteiger partial charge in [-0.15, -0.1) is 12.4 Å². The highest BCUT2D eigenvalue weighted by Crippen LogP contribution is 2.15. The molecule has 0 bridgehead atoms. The predicted molar refractivity (Wildman–Crippen MR) is 98.7 cm³/mol. The first-order valence-electron chi connectivity index (χ1n) is 7.77. The molecule has 23 heavy (non-hydrogen) atoms. The summed E-state index contributed by atoms with van der Waals surface area (Å²) in [7, 11) is 0. The smallest absolute Gasteiger partial charge is 0.223 e. The molecule has 0 saturated carbocycles. The van der Waals surface area contributed by atoms with Crippen LogP contribution in [0.3, 0.4) is 0 Å². The molecule has 0 unspecified atom stereocenters. The Kier molecular flexibility index (Phi) is 7.63. The average Bonchev–Trinajstić information content (AvgIpc) is 2.53. The van der Waals surface area contributed by atoms with Gasteiger partial charge in [0.15, 0.2) is 0 Å². The Balaban J connectivity index is 0.00000264. The van der Waals surface area contributed by atoms with E-state index in [1.807, 2.05) is 48.2 Å². The highest BCUT2D eigenvalue weighted by atomic mass is 35.5. The zero-order chi connectivity index (χ0) is 15.9. The Hall–Kier alpha value is -2.00. The van der Waals surface area contributed by atoms with Crippen LogP contribution in [0, 0.1) is 6.92 Å². The largest absolute Gasteiger partial charge is 0.399 e. The number of hydrogen-bond acceptors (Lipinski definition) is 2. The van der Waals surface area contributed by atoms with E-state index in [0.29, 0.717) is 19.4 Å². The van der Waals surface area contributed by atoms with E-state index < -0.39 is 0 Å². The molecular formula is C19H25ClN2O. The molecule has 0 spiro atoms. The first-order chi connectivity index (χ1) is 10.6. The minimum atomic E-state index is 0. The van der Waals surface area contributed by atoms with Crippen molar-refractivity contribution < 1.29 is 4.79 Å². The molecule has 0 aliphatic rings. The summed E-state index contributed by atoms with van der Waals surface area (Å²) < 4.78 is 0. The highest BCUT2D eigenvalue weighted by Gasteiger charge is 2.13. The lowest BCUT2D eigenvalue weighted by Gasteiger charge is -2.22. The lowest BCUT2D eigenvalue weighted by molar-refractivity contribution is -0.131. The fraction of sp³-hybridized carbons (Fsp3) is 0.316. The number of carbonyl (C=O) groups excluding carboxylic acids is 1. The summed E-state index contributed by atoms with van der Waals surface area (Å²) in [6.07, 6.45) is 1.18. The van der Waals surface area contributed by atoms with Crippen molar-refractivity contribution in [3.63, 3.8) is 0 Å². The Morgan fingerprint density at radius 1 is 1.04 bits per heavy atom. The number of carbonyl (C=O) groups is 1. The second-order valence-electron chi connectivity index (χ2n) is 5.53. The van der Waals surface area contributed by atoms with Crippen molar-refractivity contribution in [3.05, 3.63) is 65.2 Å². The average molecular weight is 333 g/mol. The number of para-hydroxylation sites is 1. The summed E-state index contributed by atoms with van der Waals surface area (Å²) in [5.41, 5.74) is 10.2. The van der Waals surface area contributed by atoms with E-state index in [0.717, 1.165) is 17.8 Å². The molecule has 0 aliphatic heterocycles. The van der Waals surface area contributed by atoms with E-state index in [4.69, 9.17) is 5.73 Å². The molecule has 0 fully saturated rings. The molecule has 0 aromatic heterocycles. The molecule has 2 aromatic rings. The van der Waals surface area contributed by atoms with Crippen LogP contribution in [0.5, 0.6) is 0 Å². The number of rotatable bonds is 6. The van der Waals surface area contributed by atoms with Crippen LogP contribution in [-0.2, 0) is 17.8 Å². The van der Waals surface area contributed by atoms with E-state index in [9.17, 15) is 4.79 Å². The monoisotopic (exact) mass is 332 g/mol. The minimum absolute atomic E-state index is 0. The highest BCUT2D eigenvalue weighted by molar-refractivity contribution is 5.85. The Labute approximate surface area is 144 Å². The number of benzene rings is 2. The van der Waals surface area contributed by atoms with Crippen molar-refractivity contribution in [2.24, 2.45) is 0 Å². The van der Waals surface area contributed by atoms with Gasteiger partial charge in [-0.25, -0.2) is 0 Å². The molecule has 2 aromatic carbocycles. The van der Waals surface area contributed by atoms with Gasteiger partial charge in [0.25, 0.3) is 0 Å². The van der Waals surface area contributed by atoms with Crippen molar-refractivity contribution in [2.75, 3.05) is 12.3 Å². The maximum atomic E-state index is 12.5. The number of anilines is 1. The Bertz CT molecular complexity index is 643. The van der Waals surface area contributed by atoms with Crippen molar-refractivity contribution in [1.29, 1.82) is 0 Å². The summed E-state index contributed by atoms with van der Waals surface area (Å²) >= 11 is 0. The van der Waals surface area contributed by atoms with Gasteiger partial charge in [-0.05, 0) is 43.0 Å². The quantitative estimate of drug-likeness (QED) is 0.813. The summed E-state index contributed by atoms with van der Waals surface area (Å²) in [6, 6.07) is 15.9. The number of hydrogen-bond donors (Lipinski definition) is 1. The fourth-order valence-electron chi connectivity index (χ4n) is 2.53. The van der Waals surface area contributed by atoms with Crippen LogP contribution in [0.15, 0.2) is 48.5 Å². The normalized spacial score (nSPS) is 10.0. The van der Waals surface area contributed by atoms with Crippen LogP contribution < -0.4 is 5.73 Å². The zero-order valence-electron chi connectivity index (χ0n) is 13.8. The third kappa shape index (κ3) is 5.29. The van der Waals surface area contributed by atoms with Gasteiger partial charge in [0, 0.05) is 25.2 Å². The van der Waals surface area contributed by atoms with Gasteiger partial charge in [-0.1, -0.05) is 42.5 Å². The fourth-order valence-corrected chi connectivity index (χ4v) is 2.53. The predicted octanol–water partition coefficient (Wildman–Crippen LogP) is 3.98. The van der Waals surface area contributed by atoms with Crippen LogP contribution >= 0.6 is 12.4 Å². The van der Waals surface area contributed by atoms with E-state index in [1.165, 1.54) is 11.1 Å². The van der Waals surface area contributed by atoms with Crippen molar-refractivity contribution in [3.8, 4) is 0 Å². The minimum Gasteiger partial charge on any atom is -0.399 e. The number of nitrogens with zero attached hydrogens (tertiary/aromatic N) is 1. The maximum Gasteiger partial charge on any atom is 0.223 e. The van der Waals surface area contributed by atoms with E-state index >= 15 is 0 Å². The van der Waals surface area contributed by atoms with Gasteiger partial charge in [0.1, 0.15) is 0 Å². The number of nitrogens with two attached hydrogens (primary N) is 1. The third-order valence-corrected chi connectivity index (χ3v) is 4.02. The molecule has 124 valence electrons.